The van der Waals surface area contributed by atoms with E-state index in [1.165, 1.54) is 18.2 Å². The molecule has 0 aliphatic rings. The molecule has 32 heavy (non-hydrogen) atoms. The summed E-state index contributed by atoms with van der Waals surface area (Å²) in [6.07, 6.45) is 1.78. The average molecular weight is 438 g/mol. The molecule has 4 rings (SSSR count). The van der Waals surface area contributed by atoms with Crippen LogP contribution in [0.4, 0.5) is 17.6 Å². The fraction of sp³-hybridized carbons (Fsp3) is 0.185. The van der Waals surface area contributed by atoms with Crippen molar-refractivity contribution in [1.82, 2.24) is 0 Å². The average Bonchev–Trinajstić information content (AvgIpc) is 2.79. The van der Waals surface area contributed by atoms with Gasteiger partial charge in [0.25, 0.3) is 0 Å². The van der Waals surface area contributed by atoms with Crippen molar-refractivity contribution in [1.29, 1.82) is 0 Å². The molecule has 0 saturated carbocycles. The van der Waals surface area contributed by atoms with Crippen LogP contribution in [0.1, 0.15) is 23.6 Å². The van der Waals surface area contributed by atoms with E-state index in [1.807, 2.05) is 19.1 Å². The molecule has 0 N–H and O–H groups in total. The molecule has 4 aromatic rings. The topological polar surface area (TPSA) is 9.23 Å². The minimum Gasteiger partial charge on any atom is -0.435 e. The lowest BCUT2D eigenvalue weighted by Crippen LogP contribution is -2.02. The molecular weight excluding hydrogens is 416 g/mol. The number of hydrogen-bond acceptors (Lipinski definition) is 1. The van der Waals surface area contributed by atoms with Gasteiger partial charge in [0.15, 0.2) is 0 Å². The fourth-order valence-electron chi connectivity index (χ4n) is 3.83. The Morgan fingerprint density at radius 2 is 1.53 bits per heavy atom. The molecule has 1 nitrogen and oxygen atoms in total. The minimum absolute atomic E-state index is 0.0946. The molecule has 0 amide bonds. The normalized spacial score (nSPS) is 11.3. The van der Waals surface area contributed by atoms with Gasteiger partial charge in [-0.2, -0.15) is 8.78 Å². The van der Waals surface area contributed by atoms with Gasteiger partial charge in [0.05, 0.1) is 0 Å². The first kappa shape index (κ1) is 21.9. The molecule has 0 radical (unpaired) electrons. The third kappa shape index (κ3) is 4.77. The Labute approximate surface area is 184 Å². The maximum absolute atomic E-state index is 15.1. The molecule has 164 valence electrons. The van der Waals surface area contributed by atoms with Crippen LogP contribution in [-0.2, 0) is 19.3 Å². The second kappa shape index (κ2) is 9.43. The van der Waals surface area contributed by atoms with Gasteiger partial charge >= 0.3 is 6.61 Å². The Hall–Kier alpha value is -3.34. The molecule has 5 heteroatoms. The first-order valence-electron chi connectivity index (χ1n) is 10.5. The van der Waals surface area contributed by atoms with E-state index in [1.54, 1.807) is 42.5 Å². The molecule has 0 fully saturated rings. The summed E-state index contributed by atoms with van der Waals surface area (Å²) in [6, 6.07) is 20.4. The van der Waals surface area contributed by atoms with Gasteiger partial charge in [-0.25, -0.2) is 8.78 Å². The van der Waals surface area contributed by atoms with Crippen LogP contribution in [0.15, 0.2) is 72.8 Å². The number of hydrogen-bond donors (Lipinski definition) is 0. The number of fused-ring (bicyclic) bond motifs is 1. The number of benzene rings is 4. The monoisotopic (exact) mass is 438 g/mol. The molecule has 0 heterocycles. The summed E-state index contributed by atoms with van der Waals surface area (Å²) in [7, 11) is 0. The summed E-state index contributed by atoms with van der Waals surface area (Å²) in [6.45, 7) is -0.887. The van der Waals surface area contributed by atoms with Gasteiger partial charge in [-0.05, 0) is 71.2 Å². The number of alkyl halides is 2. The summed E-state index contributed by atoms with van der Waals surface area (Å²) < 4.78 is 58.5. The van der Waals surface area contributed by atoms with E-state index in [9.17, 15) is 13.2 Å². The number of rotatable bonds is 7. The van der Waals surface area contributed by atoms with E-state index in [4.69, 9.17) is 0 Å². The standard InChI is InChI=1S/C27H22F4O/c1-2-17-6-13-23(25(28)15-17)20-10-14-24-21(16-20)9-8-19(26(24)29)7-3-18-4-11-22(12-5-18)32-27(30)31/h4-6,8-16,27H,2-3,7H2,1H3. The van der Waals surface area contributed by atoms with E-state index in [2.05, 4.69) is 4.74 Å². The molecule has 0 aromatic heterocycles. The zero-order valence-corrected chi connectivity index (χ0v) is 17.5. The molecule has 0 unspecified atom stereocenters. The molecule has 0 atom stereocenters. The van der Waals surface area contributed by atoms with E-state index in [0.29, 0.717) is 40.3 Å². The lowest BCUT2D eigenvalue weighted by molar-refractivity contribution is -0.0498. The SMILES string of the molecule is CCc1ccc(-c2ccc3c(F)c(CCc4ccc(OC(F)F)cc4)ccc3c2)c(F)c1. The van der Waals surface area contributed by atoms with Crippen LogP contribution in [0.25, 0.3) is 21.9 Å². The van der Waals surface area contributed by atoms with Gasteiger partial charge in [-0.1, -0.05) is 55.5 Å². The summed E-state index contributed by atoms with van der Waals surface area (Å²) >= 11 is 0. The van der Waals surface area contributed by atoms with Crippen LogP contribution >= 0.6 is 0 Å². The lowest BCUT2D eigenvalue weighted by Gasteiger charge is -2.10. The highest BCUT2D eigenvalue weighted by Gasteiger charge is 2.11. The minimum atomic E-state index is -2.86. The van der Waals surface area contributed by atoms with Crippen molar-refractivity contribution in [2.45, 2.75) is 32.8 Å². The number of aryl methyl sites for hydroxylation is 3. The highest BCUT2D eigenvalue weighted by molar-refractivity contribution is 5.88. The number of ether oxygens (including phenoxy) is 1. The second-order valence-corrected chi connectivity index (χ2v) is 7.66. The third-order valence-electron chi connectivity index (χ3n) is 5.62. The van der Waals surface area contributed by atoms with Gasteiger partial charge in [0.2, 0.25) is 0 Å². The Balaban J connectivity index is 1.53. The Kier molecular flexibility index (Phi) is 6.45. The highest BCUT2D eigenvalue weighted by atomic mass is 19.3. The maximum Gasteiger partial charge on any atom is 0.387 e. The molecule has 0 spiro atoms. The Morgan fingerprint density at radius 1 is 0.781 bits per heavy atom. The predicted octanol–water partition coefficient (Wildman–Crippen LogP) is 7.73. The van der Waals surface area contributed by atoms with Crippen molar-refractivity contribution in [3.8, 4) is 16.9 Å². The lowest BCUT2D eigenvalue weighted by atomic mass is 9.96. The van der Waals surface area contributed by atoms with E-state index < -0.39 is 6.61 Å². The molecule has 0 aliphatic carbocycles. The summed E-state index contributed by atoms with van der Waals surface area (Å²) in [4.78, 5) is 0. The second-order valence-electron chi connectivity index (χ2n) is 7.66. The van der Waals surface area contributed by atoms with Gasteiger partial charge in [0, 0.05) is 10.9 Å². The van der Waals surface area contributed by atoms with Crippen molar-refractivity contribution < 1.29 is 22.3 Å². The summed E-state index contributed by atoms with van der Waals surface area (Å²) in [5.41, 5.74) is 3.59. The van der Waals surface area contributed by atoms with E-state index in [0.717, 1.165) is 17.5 Å². The quantitative estimate of drug-likeness (QED) is 0.268. The van der Waals surface area contributed by atoms with Gasteiger partial charge in [-0.3, -0.25) is 0 Å². The van der Waals surface area contributed by atoms with Crippen molar-refractivity contribution in [3.63, 3.8) is 0 Å². The van der Waals surface area contributed by atoms with Crippen molar-refractivity contribution in [2.75, 3.05) is 0 Å². The zero-order chi connectivity index (χ0) is 22.7. The van der Waals surface area contributed by atoms with Crippen LogP contribution in [0, 0.1) is 11.6 Å². The zero-order valence-electron chi connectivity index (χ0n) is 17.5. The van der Waals surface area contributed by atoms with Gasteiger partial charge in [-0.15, -0.1) is 0 Å². The van der Waals surface area contributed by atoms with Gasteiger partial charge in [0.1, 0.15) is 17.4 Å². The first-order valence-corrected chi connectivity index (χ1v) is 10.5. The van der Waals surface area contributed by atoms with Crippen LogP contribution in [0.3, 0.4) is 0 Å². The predicted molar refractivity (Wildman–Crippen MR) is 119 cm³/mol. The molecule has 0 bridgehead atoms. The molecule has 0 saturated heterocycles. The van der Waals surface area contributed by atoms with Gasteiger partial charge < -0.3 is 4.74 Å². The summed E-state index contributed by atoms with van der Waals surface area (Å²) in [5, 5.41) is 1.19. The Morgan fingerprint density at radius 3 is 2.22 bits per heavy atom. The van der Waals surface area contributed by atoms with E-state index in [-0.39, 0.29) is 17.4 Å². The van der Waals surface area contributed by atoms with E-state index >= 15 is 4.39 Å². The smallest absolute Gasteiger partial charge is 0.387 e. The van der Waals surface area contributed by atoms with Crippen LogP contribution in [0.2, 0.25) is 0 Å². The van der Waals surface area contributed by atoms with Crippen molar-refractivity contribution in [3.05, 3.63) is 101 Å². The molecular formula is C27H22F4O. The van der Waals surface area contributed by atoms with Crippen LogP contribution in [-0.4, -0.2) is 6.61 Å². The van der Waals surface area contributed by atoms with Crippen molar-refractivity contribution >= 4 is 10.8 Å². The van der Waals surface area contributed by atoms with Crippen molar-refractivity contribution in [2.24, 2.45) is 0 Å². The highest BCUT2D eigenvalue weighted by Crippen LogP contribution is 2.30. The largest absolute Gasteiger partial charge is 0.435 e. The maximum atomic E-state index is 15.1. The number of halogens is 4. The summed E-state index contributed by atoms with van der Waals surface area (Å²) in [5.74, 6) is -0.489. The Bertz CT molecular complexity index is 1230. The third-order valence-corrected chi connectivity index (χ3v) is 5.62. The van der Waals surface area contributed by atoms with Crippen LogP contribution < -0.4 is 4.74 Å². The first-order chi connectivity index (χ1) is 15.4. The fourth-order valence-corrected chi connectivity index (χ4v) is 3.83. The van der Waals surface area contributed by atoms with Crippen LogP contribution in [0.5, 0.6) is 5.75 Å². The molecule has 4 aromatic carbocycles. The molecule has 0 aliphatic heterocycles.